The highest BCUT2D eigenvalue weighted by Gasteiger charge is 2.09. The number of hydrogen-bond donors (Lipinski definition) is 2. The van der Waals surface area contributed by atoms with Crippen molar-refractivity contribution in [2.24, 2.45) is 0 Å². The second-order valence-electron chi connectivity index (χ2n) is 4.40. The number of nitrogens with one attached hydrogen (secondary N) is 1. The molecule has 0 atom stereocenters. The molecule has 1 amide bonds. The number of nitrogens with two attached hydrogens (primary N) is 1. The number of carbonyl (C=O) groups is 1. The molecule has 98 valence electrons. The Hall–Kier alpha value is -1.88. The SMILES string of the molecule is Cc1cc(C)nc(NC(=O)c2cc(N)cc(Br)c2)c1. The van der Waals surface area contributed by atoms with Gasteiger partial charge in [-0.2, -0.15) is 0 Å². The lowest BCUT2D eigenvalue weighted by Gasteiger charge is -2.07. The summed E-state index contributed by atoms with van der Waals surface area (Å²) in [5.74, 6) is 0.312. The standard InChI is InChI=1S/C14H14BrN3O/c1-8-3-9(2)17-13(4-8)18-14(19)10-5-11(15)7-12(16)6-10/h3-7H,16H2,1-2H3,(H,17,18,19). The summed E-state index contributed by atoms with van der Waals surface area (Å²) in [7, 11) is 0. The fourth-order valence-corrected chi connectivity index (χ4v) is 2.35. The zero-order chi connectivity index (χ0) is 14.0. The molecular weight excluding hydrogens is 306 g/mol. The Morgan fingerprint density at radius 1 is 1.21 bits per heavy atom. The van der Waals surface area contributed by atoms with Crippen molar-refractivity contribution < 1.29 is 4.79 Å². The summed E-state index contributed by atoms with van der Waals surface area (Å²) in [5, 5.41) is 2.77. The number of nitrogens with zero attached hydrogens (tertiary/aromatic N) is 1. The number of pyridine rings is 1. The van der Waals surface area contributed by atoms with Gasteiger partial charge >= 0.3 is 0 Å². The van der Waals surface area contributed by atoms with Crippen LogP contribution in [-0.4, -0.2) is 10.9 Å². The number of aryl methyl sites for hydroxylation is 2. The Morgan fingerprint density at radius 3 is 2.58 bits per heavy atom. The highest BCUT2D eigenvalue weighted by atomic mass is 79.9. The number of aromatic nitrogens is 1. The van der Waals surface area contributed by atoms with Crippen LogP contribution in [0.3, 0.4) is 0 Å². The molecule has 19 heavy (non-hydrogen) atoms. The van der Waals surface area contributed by atoms with E-state index in [0.717, 1.165) is 15.7 Å². The molecule has 1 heterocycles. The zero-order valence-corrected chi connectivity index (χ0v) is 12.3. The minimum atomic E-state index is -0.231. The van der Waals surface area contributed by atoms with Gasteiger partial charge in [-0.05, 0) is 49.7 Å². The van der Waals surface area contributed by atoms with Crippen LogP contribution in [0, 0.1) is 13.8 Å². The summed E-state index contributed by atoms with van der Waals surface area (Å²) < 4.78 is 0.769. The van der Waals surface area contributed by atoms with E-state index in [1.165, 1.54) is 0 Å². The molecule has 2 rings (SSSR count). The fourth-order valence-electron chi connectivity index (χ4n) is 1.84. The third-order valence-corrected chi connectivity index (χ3v) is 2.98. The maximum absolute atomic E-state index is 12.1. The Labute approximate surface area is 120 Å². The largest absolute Gasteiger partial charge is 0.399 e. The zero-order valence-electron chi connectivity index (χ0n) is 10.7. The average Bonchev–Trinajstić information content (AvgIpc) is 2.25. The Bertz CT molecular complexity index is 600. The summed E-state index contributed by atoms with van der Waals surface area (Å²) in [6, 6.07) is 8.86. The summed E-state index contributed by atoms with van der Waals surface area (Å²) in [5.41, 5.74) is 8.66. The molecule has 0 aliphatic carbocycles. The number of halogens is 1. The topological polar surface area (TPSA) is 68.0 Å². The minimum Gasteiger partial charge on any atom is -0.399 e. The van der Waals surface area contributed by atoms with Gasteiger partial charge in [-0.15, -0.1) is 0 Å². The van der Waals surface area contributed by atoms with Crippen molar-refractivity contribution in [2.75, 3.05) is 11.1 Å². The first-order valence-corrected chi connectivity index (χ1v) is 6.56. The second kappa shape index (κ2) is 5.40. The third-order valence-electron chi connectivity index (χ3n) is 2.52. The Balaban J connectivity index is 2.25. The lowest BCUT2D eigenvalue weighted by Crippen LogP contribution is -2.13. The van der Waals surface area contributed by atoms with Crippen molar-refractivity contribution in [1.82, 2.24) is 4.98 Å². The van der Waals surface area contributed by atoms with Gasteiger partial charge in [0.15, 0.2) is 0 Å². The summed E-state index contributed by atoms with van der Waals surface area (Å²) in [6.07, 6.45) is 0. The van der Waals surface area contributed by atoms with Crippen molar-refractivity contribution in [3.8, 4) is 0 Å². The molecular formula is C14H14BrN3O. The summed E-state index contributed by atoms with van der Waals surface area (Å²) >= 11 is 3.31. The van der Waals surface area contributed by atoms with E-state index in [9.17, 15) is 4.79 Å². The van der Waals surface area contributed by atoms with Gasteiger partial charge in [0.2, 0.25) is 0 Å². The normalized spacial score (nSPS) is 10.3. The molecule has 3 N–H and O–H groups in total. The van der Waals surface area contributed by atoms with Crippen LogP contribution in [0.5, 0.6) is 0 Å². The predicted molar refractivity (Wildman–Crippen MR) is 80.2 cm³/mol. The van der Waals surface area contributed by atoms with E-state index in [1.54, 1.807) is 18.2 Å². The van der Waals surface area contributed by atoms with Crippen LogP contribution in [0.2, 0.25) is 0 Å². The number of amides is 1. The quantitative estimate of drug-likeness (QED) is 0.834. The highest BCUT2D eigenvalue weighted by Crippen LogP contribution is 2.18. The molecule has 0 fully saturated rings. The molecule has 0 unspecified atom stereocenters. The molecule has 0 bridgehead atoms. The summed E-state index contributed by atoms with van der Waals surface area (Å²) in [6.45, 7) is 3.85. The number of anilines is 2. The van der Waals surface area contributed by atoms with Crippen LogP contribution in [-0.2, 0) is 0 Å². The van der Waals surface area contributed by atoms with E-state index in [2.05, 4.69) is 26.2 Å². The fraction of sp³-hybridized carbons (Fsp3) is 0.143. The molecule has 1 aromatic carbocycles. The van der Waals surface area contributed by atoms with Gasteiger partial charge in [0.1, 0.15) is 5.82 Å². The van der Waals surface area contributed by atoms with E-state index in [4.69, 9.17) is 5.73 Å². The molecule has 4 nitrogen and oxygen atoms in total. The molecule has 0 aliphatic heterocycles. The van der Waals surface area contributed by atoms with Crippen molar-refractivity contribution in [3.63, 3.8) is 0 Å². The first-order valence-electron chi connectivity index (χ1n) is 5.77. The van der Waals surface area contributed by atoms with Gasteiger partial charge in [-0.1, -0.05) is 15.9 Å². The number of benzene rings is 1. The molecule has 5 heteroatoms. The molecule has 2 aromatic rings. The van der Waals surface area contributed by atoms with Gasteiger partial charge in [-0.25, -0.2) is 4.98 Å². The lowest BCUT2D eigenvalue weighted by atomic mass is 10.2. The predicted octanol–water partition coefficient (Wildman–Crippen LogP) is 3.30. The first kappa shape index (κ1) is 13.5. The number of rotatable bonds is 2. The molecule has 0 radical (unpaired) electrons. The lowest BCUT2D eigenvalue weighted by molar-refractivity contribution is 0.102. The minimum absolute atomic E-state index is 0.231. The monoisotopic (exact) mass is 319 g/mol. The van der Waals surface area contributed by atoms with E-state index in [-0.39, 0.29) is 5.91 Å². The average molecular weight is 320 g/mol. The first-order chi connectivity index (χ1) is 8.94. The van der Waals surface area contributed by atoms with Gasteiger partial charge in [0, 0.05) is 21.4 Å². The van der Waals surface area contributed by atoms with Gasteiger partial charge in [0.05, 0.1) is 0 Å². The van der Waals surface area contributed by atoms with Crippen molar-refractivity contribution in [1.29, 1.82) is 0 Å². The molecule has 0 spiro atoms. The maximum Gasteiger partial charge on any atom is 0.256 e. The van der Waals surface area contributed by atoms with Gasteiger partial charge in [-0.3, -0.25) is 4.79 Å². The maximum atomic E-state index is 12.1. The van der Waals surface area contributed by atoms with Crippen LogP contribution in [0.1, 0.15) is 21.6 Å². The number of carbonyl (C=O) groups excluding carboxylic acids is 1. The second-order valence-corrected chi connectivity index (χ2v) is 5.31. The smallest absolute Gasteiger partial charge is 0.256 e. The Morgan fingerprint density at radius 2 is 1.95 bits per heavy atom. The van der Waals surface area contributed by atoms with Crippen LogP contribution in [0.25, 0.3) is 0 Å². The van der Waals surface area contributed by atoms with Crippen molar-refractivity contribution in [2.45, 2.75) is 13.8 Å². The Kier molecular flexibility index (Phi) is 3.85. The molecule has 0 saturated heterocycles. The number of hydrogen-bond acceptors (Lipinski definition) is 3. The van der Waals surface area contributed by atoms with E-state index < -0.39 is 0 Å². The van der Waals surface area contributed by atoms with Crippen molar-refractivity contribution in [3.05, 3.63) is 51.6 Å². The van der Waals surface area contributed by atoms with Crippen LogP contribution >= 0.6 is 15.9 Å². The number of nitrogen functional groups attached to an aromatic ring is 1. The molecule has 1 aromatic heterocycles. The third kappa shape index (κ3) is 3.54. The molecule has 0 aliphatic rings. The summed E-state index contributed by atoms with van der Waals surface area (Å²) in [4.78, 5) is 16.4. The van der Waals surface area contributed by atoms with Crippen LogP contribution in [0.15, 0.2) is 34.8 Å². The van der Waals surface area contributed by atoms with E-state index >= 15 is 0 Å². The van der Waals surface area contributed by atoms with Gasteiger partial charge < -0.3 is 11.1 Å². The van der Waals surface area contributed by atoms with E-state index in [0.29, 0.717) is 17.1 Å². The highest BCUT2D eigenvalue weighted by molar-refractivity contribution is 9.10. The van der Waals surface area contributed by atoms with E-state index in [1.807, 2.05) is 26.0 Å². The van der Waals surface area contributed by atoms with Gasteiger partial charge in [0.25, 0.3) is 5.91 Å². The molecule has 0 saturated carbocycles. The van der Waals surface area contributed by atoms with Crippen molar-refractivity contribution >= 4 is 33.3 Å². The van der Waals surface area contributed by atoms with Crippen LogP contribution < -0.4 is 11.1 Å². The van der Waals surface area contributed by atoms with Crippen LogP contribution in [0.4, 0.5) is 11.5 Å².